The summed E-state index contributed by atoms with van der Waals surface area (Å²) in [5.74, 6) is -2.21. The van der Waals surface area contributed by atoms with Gasteiger partial charge in [-0.2, -0.15) is 0 Å². The van der Waals surface area contributed by atoms with E-state index >= 15 is 0 Å². The summed E-state index contributed by atoms with van der Waals surface area (Å²) in [6.07, 6.45) is 1.67. The summed E-state index contributed by atoms with van der Waals surface area (Å²) in [6, 6.07) is 16.0. The Kier molecular flexibility index (Phi) is 4.61. The molecule has 2 aromatic carbocycles. The van der Waals surface area contributed by atoms with Gasteiger partial charge in [-0.15, -0.1) is 0 Å². The Bertz CT molecular complexity index is 866. The zero-order valence-electron chi connectivity index (χ0n) is 12.7. The van der Waals surface area contributed by atoms with E-state index in [0.29, 0.717) is 6.07 Å². The lowest BCUT2D eigenvalue weighted by Gasteiger charge is -2.10. The Morgan fingerprint density at radius 3 is 2.54 bits per heavy atom. The van der Waals surface area contributed by atoms with Crippen LogP contribution in [0.25, 0.3) is 11.3 Å². The van der Waals surface area contributed by atoms with E-state index in [4.69, 9.17) is 0 Å². The van der Waals surface area contributed by atoms with Gasteiger partial charge in [-0.05, 0) is 23.8 Å². The van der Waals surface area contributed by atoms with Crippen LogP contribution in [0.15, 0.2) is 66.9 Å². The third-order valence-electron chi connectivity index (χ3n) is 3.55. The highest BCUT2D eigenvalue weighted by Crippen LogP contribution is 2.20. The molecule has 120 valence electrons. The van der Waals surface area contributed by atoms with E-state index in [9.17, 15) is 13.6 Å². The molecule has 0 aliphatic rings. The zero-order chi connectivity index (χ0) is 16.9. The van der Waals surface area contributed by atoms with Crippen LogP contribution in [0.5, 0.6) is 0 Å². The third kappa shape index (κ3) is 3.46. The van der Waals surface area contributed by atoms with Crippen molar-refractivity contribution in [1.82, 2.24) is 10.3 Å². The number of carbonyl (C=O) groups excluding carboxylic acids is 1. The van der Waals surface area contributed by atoms with Crippen LogP contribution >= 0.6 is 0 Å². The number of halogens is 2. The van der Waals surface area contributed by atoms with Crippen LogP contribution in [0, 0.1) is 11.6 Å². The minimum Gasteiger partial charge on any atom is -0.348 e. The van der Waals surface area contributed by atoms with Gasteiger partial charge in [0.1, 0.15) is 11.6 Å². The Labute approximate surface area is 138 Å². The molecule has 1 heterocycles. The Balaban J connectivity index is 1.79. The molecule has 3 rings (SSSR count). The highest BCUT2D eigenvalue weighted by Gasteiger charge is 2.13. The first-order chi connectivity index (χ1) is 11.6. The van der Waals surface area contributed by atoms with E-state index in [2.05, 4.69) is 10.3 Å². The maximum absolute atomic E-state index is 13.7. The van der Waals surface area contributed by atoms with Gasteiger partial charge in [0.2, 0.25) is 0 Å². The molecule has 0 spiro atoms. The molecule has 1 aromatic heterocycles. The fourth-order valence-electron chi connectivity index (χ4n) is 2.38. The van der Waals surface area contributed by atoms with Gasteiger partial charge < -0.3 is 5.32 Å². The number of rotatable bonds is 4. The summed E-state index contributed by atoms with van der Waals surface area (Å²) >= 11 is 0. The molecule has 5 heteroatoms. The lowest BCUT2D eigenvalue weighted by atomic mass is 10.1. The largest absolute Gasteiger partial charge is 0.348 e. The Morgan fingerprint density at radius 1 is 1.00 bits per heavy atom. The fraction of sp³-hybridized carbons (Fsp3) is 0.0526. The number of nitrogens with one attached hydrogen (secondary N) is 1. The van der Waals surface area contributed by atoms with Gasteiger partial charge in [-0.1, -0.05) is 36.4 Å². The molecule has 1 N–H and O–H groups in total. The summed E-state index contributed by atoms with van der Waals surface area (Å²) in [4.78, 5) is 16.5. The van der Waals surface area contributed by atoms with E-state index in [0.717, 1.165) is 29.0 Å². The average Bonchev–Trinajstić information content (AvgIpc) is 2.61. The smallest absolute Gasteiger partial charge is 0.254 e. The van der Waals surface area contributed by atoms with Gasteiger partial charge in [-0.3, -0.25) is 9.78 Å². The van der Waals surface area contributed by atoms with Crippen molar-refractivity contribution in [2.45, 2.75) is 6.54 Å². The monoisotopic (exact) mass is 324 g/mol. The van der Waals surface area contributed by atoms with Crippen molar-refractivity contribution < 1.29 is 13.6 Å². The van der Waals surface area contributed by atoms with Crippen molar-refractivity contribution in [1.29, 1.82) is 0 Å². The predicted octanol–water partition coefficient (Wildman–Crippen LogP) is 3.96. The van der Waals surface area contributed by atoms with Gasteiger partial charge >= 0.3 is 0 Å². The molecule has 0 radical (unpaired) electrons. The first-order valence-electron chi connectivity index (χ1n) is 7.38. The Hall–Kier alpha value is -3.08. The second-order valence-electron chi connectivity index (χ2n) is 5.18. The molecular formula is C19H14F2N2O. The minimum absolute atomic E-state index is 0.188. The van der Waals surface area contributed by atoms with Gasteiger partial charge in [0, 0.05) is 24.4 Å². The minimum atomic E-state index is -0.887. The number of amides is 1. The molecule has 0 saturated carbocycles. The maximum atomic E-state index is 13.7. The van der Waals surface area contributed by atoms with Crippen molar-refractivity contribution in [3.8, 4) is 11.3 Å². The van der Waals surface area contributed by atoms with Crippen molar-refractivity contribution in [3.63, 3.8) is 0 Å². The normalized spacial score (nSPS) is 10.4. The predicted molar refractivity (Wildman–Crippen MR) is 87.2 cm³/mol. The van der Waals surface area contributed by atoms with Crippen LogP contribution in [0.2, 0.25) is 0 Å². The molecule has 24 heavy (non-hydrogen) atoms. The second-order valence-corrected chi connectivity index (χ2v) is 5.18. The van der Waals surface area contributed by atoms with E-state index in [1.807, 2.05) is 36.4 Å². The van der Waals surface area contributed by atoms with Gasteiger partial charge in [0.25, 0.3) is 5.91 Å². The van der Waals surface area contributed by atoms with E-state index in [1.165, 1.54) is 0 Å². The van der Waals surface area contributed by atoms with Crippen molar-refractivity contribution >= 4 is 5.91 Å². The summed E-state index contributed by atoms with van der Waals surface area (Å²) in [5.41, 5.74) is 2.29. The molecule has 3 aromatic rings. The number of aromatic nitrogens is 1. The molecule has 1 amide bonds. The van der Waals surface area contributed by atoms with Crippen molar-refractivity contribution in [2.24, 2.45) is 0 Å². The number of pyridine rings is 1. The molecule has 0 aliphatic heterocycles. The van der Waals surface area contributed by atoms with Crippen molar-refractivity contribution in [3.05, 3.63) is 89.6 Å². The van der Waals surface area contributed by atoms with Gasteiger partial charge in [0.05, 0.1) is 11.3 Å². The molecule has 0 bridgehead atoms. The molecule has 0 saturated heterocycles. The number of benzene rings is 2. The topological polar surface area (TPSA) is 42.0 Å². The van der Waals surface area contributed by atoms with E-state index in [1.54, 1.807) is 12.3 Å². The lowest BCUT2D eigenvalue weighted by molar-refractivity contribution is 0.0947. The number of hydrogen-bond donors (Lipinski definition) is 1. The summed E-state index contributed by atoms with van der Waals surface area (Å²) in [7, 11) is 0. The Morgan fingerprint density at radius 2 is 1.79 bits per heavy atom. The summed E-state index contributed by atoms with van der Waals surface area (Å²) in [5, 5.41) is 2.64. The fourth-order valence-corrected chi connectivity index (χ4v) is 2.38. The standard InChI is InChI=1S/C19H14F2N2O/c20-15-8-9-16(17(21)11-15)19(24)23-12-14-7-4-10-22-18(14)13-5-2-1-3-6-13/h1-11H,12H2,(H,23,24). The van der Waals surface area contributed by atoms with E-state index < -0.39 is 17.5 Å². The van der Waals surface area contributed by atoms with Crippen molar-refractivity contribution in [2.75, 3.05) is 0 Å². The molecule has 0 atom stereocenters. The quantitative estimate of drug-likeness (QED) is 0.789. The van der Waals surface area contributed by atoms with Crippen LogP contribution in [-0.4, -0.2) is 10.9 Å². The SMILES string of the molecule is O=C(NCc1cccnc1-c1ccccc1)c1ccc(F)cc1F. The maximum Gasteiger partial charge on any atom is 0.254 e. The van der Waals surface area contributed by atoms with Crippen LogP contribution in [0.1, 0.15) is 15.9 Å². The number of carbonyl (C=O) groups is 1. The number of nitrogens with zero attached hydrogens (tertiary/aromatic N) is 1. The molecular weight excluding hydrogens is 310 g/mol. The number of hydrogen-bond acceptors (Lipinski definition) is 2. The first kappa shape index (κ1) is 15.8. The van der Waals surface area contributed by atoms with Crippen LogP contribution in [0.4, 0.5) is 8.78 Å². The summed E-state index contributed by atoms with van der Waals surface area (Å²) in [6.45, 7) is 0.188. The highest BCUT2D eigenvalue weighted by atomic mass is 19.1. The second kappa shape index (κ2) is 7.00. The first-order valence-corrected chi connectivity index (χ1v) is 7.38. The molecule has 0 fully saturated rings. The van der Waals surface area contributed by atoms with Crippen LogP contribution in [-0.2, 0) is 6.54 Å². The highest BCUT2D eigenvalue weighted by molar-refractivity contribution is 5.94. The molecule has 3 nitrogen and oxygen atoms in total. The molecule has 0 aliphatic carbocycles. The van der Waals surface area contributed by atoms with Crippen LogP contribution in [0.3, 0.4) is 0 Å². The summed E-state index contributed by atoms with van der Waals surface area (Å²) < 4.78 is 26.6. The van der Waals surface area contributed by atoms with Crippen LogP contribution < -0.4 is 5.32 Å². The van der Waals surface area contributed by atoms with Gasteiger partial charge in [0.15, 0.2) is 0 Å². The zero-order valence-corrected chi connectivity index (χ0v) is 12.7. The molecule has 0 unspecified atom stereocenters. The van der Waals surface area contributed by atoms with Gasteiger partial charge in [-0.25, -0.2) is 8.78 Å². The van der Waals surface area contributed by atoms with E-state index in [-0.39, 0.29) is 12.1 Å². The average molecular weight is 324 g/mol. The third-order valence-corrected chi connectivity index (χ3v) is 3.55. The lowest BCUT2D eigenvalue weighted by Crippen LogP contribution is -2.24.